The van der Waals surface area contributed by atoms with Gasteiger partial charge in [-0.2, -0.15) is 8.42 Å². The van der Waals surface area contributed by atoms with Crippen molar-refractivity contribution in [2.75, 3.05) is 17.7 Å². The number of fused-ring (bicyclic) bond motifs is 1. The first-order valence-electron chi connectivity index (χ1n) is 11.7. The summed E-state index contributed by atoms with van der Waals surface area (Å²) in [6.07, 6.45) is 1.32. The van der Waals surface area contributed by atoms with Gasteiger partial charge in [0.1, 0.15) is 18.2 Å². The van der Waals surface area contributed by atoms with Crippen LogP contribution >= 0.6 is 34.7 Å². The molecule has 1 aromatic carbocycles. The van der Waals surface area contributed by atoms with E-state index in [9.17, 15) is 23.4 Å². The molecule has 3 aromatic rings. The lowest BCUT2D eigenvalue weighted by molar-refractivity contribution is 0.00778. The van der Waals surface area contributed by atoms with Gasteiger partial charge in [0, 0.05) is 17.1 Å². The van der Waals surface area contributed by atoms with Crippen LogP contribution in [0, 0.1) is 5.92 Å². The minimum atomic E-state index is -4.19. The molecule has 5 rings (SSSR count). The van der Waals surface area contributed by atoms with Gasteiger partial charge in [-0.3, -0.25) is 8.98 Å². The molecule has 1 aliphatic carbocycles. The van der Waals surface area contributed by atoms with Crippen LogP contribution in [0.25, 0.3) is 0 Å². The topological polar surface area (TPSA) is 165 Å². The Bertz CT molecular complexity index is 1450. The predicted octanol–water partition coefficient (Wildman–Crippen LogP) is 2.54. The second-order valence-electron chi connectivity index (χ2n) is 9.21. The highest BCUT2D eigenvalue weighted by molar-refractivity contribution is 7.99. The first-order chi connectivity index (χ1) is 18.1. The van der Waals surface area contributed by atoms with E-state index in [0.29, 0.717) is 9.90 Å². The Morgan fingerprint density at radius 1 is 1.26 bits per heavy atom. The number of nitrogens with one attached hydrogen (secondary N) is 1. The first-order valence-corrected chi connectivity index (χ1v) is 15.5. The van der Waals surface area contributed by atoms with Crippen molar-refractivity contribution < 1.29 is 27.6 Å². The van der Waals surface area contributed by atoms with Crippen molar-refractivity contribution in [1.82, 2.24) is 9.97 Å². The molecule has 0 radical (unpaired) electrons. The molecule has 0 spiro atoms. The molecule has 0 bridgehead atoms. The van der Waals surface area contributed by atoms with Crippen LogP contribution < -0.4 is 10.5 Å². The predicted molar refractivity (Wildman–Crippen MR) is 146 cm³/mol. The number of nitrogens with two attached hydrogens (primary N) is 1. The lowest BCUT2D eigenvalue weighted by atomic mass is 9.98. The molecule has 3 heterocycles. The SMILES string of the molecule is NS(=O)(=O)OC[C@H]1C[C@@H](Nc2ncncc2C(=O)c2cc([C@H]3SCCc4ccc(Cl)cc43)cs2)[C@H](O)[C@@H]1O. The number of rotatable bonds is 8. The van der Waals surface area contributed by atoms with Crippen LogP contribution in [-0.2, 0) is 20.9 Å². The van der Waals surface area contributed by atoms with E-state index in [2.05, 4.69) is 25.5 Å². The van der Waals surface area contributed by atoms with Crippen LogP contribution in [0.1, 0.15) is 43.6 Å². The Morgan fingerprint density at radius 3 is 2.87 bits per heavy atom. The van der Waals surface area contributed by atoms with E-state index >= 15 is 0 Å². The van der Waals surface area contributed by atoms with E-state index in [4.69, 9.17) is 16.7 Å². The van der Waals surface area contributed by atoms with Crippen molar-refractivity contribution in [3.63, 3.8) is 0 Å². The van der Waals surface area contributed by atoms with E-state index in [-0.39, 0.29) is 35.4 Å². The van der Waals surface area contributed by atoms with E-state index in [1.165, 1.54) is 29.4 Å². The summed E-state index contributed by atoms with van der Waals surface area (Å²) in [5.41, 5.74) is 3.65. The molecule has 5 atom stereocenters. The van der Waals surface area contributed by atoms with E-state index < -0.39 is 34.5 Å². The number of aliphatic hydroxyl groups excluding tert-OH is 2. The molecule has 0 amide bonds. The maximum absolute atomic E-state index is 13.5. The third-order valence-electron chi connectivity index (χ3n) is 6.72. The lowest BCUT2D eigenvalue weighted by Crippen LogP contribution is -2.36. The van der Waals surface area contributed by atoms with Gasteiger partial charge >= 0.3 is 10.3 Å². The number of nitrogens with zero attached hydrogens (tertiary/aromatic N) is 2. The first kappa shape index (κ1) is 27.5. The third kappa shape index (κ3) is 5.89. The fraction of sp³-hybridized carbons (Fsp3) is 0.375. The van der Waals surface area contributed by atoms with Crippen LogP contribution in [0.15, 0.2) is 42.2 Å². The van der Waals surface area contributed by atoms with E-state index in [0.717, 1.165) is 23.3 Å². The summed E-state index contributed by atoms with van der Waals surface area (Å²) in [6.45, 7) is -0.379. The van der Waals surface area contributed by atoms with Crippen LogP contribution in [-0.4, -0.2) is 65.0 Å². The zero-order chi connectivity index (χ0) is 27.0. The summed E-state index contributed by atoms with van der Waals surface area (Å²) in [5.74, 6) is 0.204. The molecule has 5 N–H and O–H groups in total. The maximum Gasteiger partial charge on any atom is 0.333 e. The van der Waals surface area contributed by atoms with Crippen molar-refractivity contribution in [3.05, 3.63) is 74.3 Å². The molecule has 10 nitrogen and oxygen atoms in total. The van der Waals surface area contributed by atoms with Crippen molar-refractivity contribution in [1.29, 1.82) is 0 Å². The average Bonchev–Trinajstić information content (AvgIpc) is 3.48. The number of carbonyl (C=O) groups excluding carboxylic acids is 1. The number of aromatic nitrogens is 2. The zero-order valence-electron chi connectivity index (χ0n) is 19.9. The molecular formula is C24H25ClN4O6S3. The number of anilines is 1. The number of carbonyl (C=O) groups is 1. The van der Waals surface area contributed by atoms with Gasteiger partial charge in [0.05, 0.1) is 34.4 Å². The lowest BCUT2D eigenvalue weighted by Gasteiger charge is -2.24. The summed E-state index contributed by atoms with van der Waals surface area (Å²) in [4.78, 5) is 22.2. The highest BCUT2D eigenvalue weighted by Gasteiger charge is 2.42. The molecule has 202 valence electrons. The Labute approximate surface area is 232 Å². The Morgan fingerprint density at radius 2 is 2.08 bits per heavy atom. The smallest absolute Gasteiger partial charge is 0.333 e. The van der Waals surface area contributed by atoms with Crippen molar-refractivity contribution in [2.45, 2.75) is 36.3 Å². The van der Waals surface area contributed by atoms with Gasteiger partial charge in [-0.25, -0.2) is 15.1 Å². The molecule has 0 unspecified atom stereocenters. The molecule has 1 aliphatic heterocycles. The maximum atomic E-state index is 13.5. The number of aliphatic hydroxyl groups is 2. The van der Waals surface area contributed by atoms with E-state index in [1.54, 1.807) is 0 Å². The highest BCUT2D eigenvalue weighted by Crippen LogP contribution is 2.44. The monoisotopic (exact) mass is 596 g/mol. The highest BCUT2D eigenvalue weighted by atomic mass is 35.5. The molecule has 0 saturated heterocycles. The van der Waals surface area contributed by atoms with Gasteiger partial charge in [0.2, 0.25) is 5.78 Å². The number of thioether (sulfide) groups is 1. The minimum Gasteiger partial charge on any atom is -0.390 e. The number of ketones is 1. The molecular weight excluding hydrogens is 572 g/mol. The second kappa shape index (κ2) is 11.2. The number of thiophene rings is 1. The van der Waals surface area contributed by atoms with Gasteiger partial charge < -0.3 is 15.5 Å². The summed E-state index contributed by atoms with van der Waals surface area (Å²) in [6, 6.07) is 7.12. The van der Waals surface area contributed by atoms with Crippen LogP contribution in [0.4, 0.5) is 5.82 Å². The molecule has 1 saturated carbocycles. The Kier molecular flexibility index (Phi) is 8.08. The number of hydrogen-bond acceptors (Lipinski definition) is 11. The van der Waals surface area contributed by atoms with Gasteiger partial charge in [0.15, 0.2) is 0 Å². The number of benzene rings is 1. The van der Waals surface area contributed by atoms with Crippen molar-refractivity contribution in [3.8, 4) is 0 Å². The molecule has 38 heavy (non-hydrogen) atoms. The Hall–Kier alpha value is -2.10. The minimum absolute atomic E-state index is 0.0754. The largest absolute Gasteiger partial charge is 0.390 e. The molecule has 2 aromatic heterocycles. The van der Waals surface area contributed by atoms with Crippen LogP contribution in [0.5, 0.6) is 0 Å². The number of hydrogen-bond donors (Lipinski definition) is 4. The van der Waals surface area contributed by atoms with Gasteiger partial charge in [0.25, 0.3) is 0 Å². The van der Waals surface area contributed by atoms with Gasteiger partial charge in [-0.1, -0.05) is 17.7 Å². The quantitative estimate of drug-likeness (QED) is 0.284. The molecule has 2 aliphatic rings. The number of aryl methyl sites for hydroxylation is 1. The standard InChI is InChI=1S/C24H25ClN4O6S3/c25-15-2-1-12-3-4-36-23(16(12)7-15)14-6-19(37-10-14)21(31)17-8-27-11-28-24(17)29-18-5-13(20(30)22(18)32)9-35-38(26,33)34/h1-2,6-8,10-11,13,18,20,22-23,30,32H,3-5,9H2,(H2,26,33,34)(H,27,28,29)/t13-,18-,20-,22+,23-/m1/s1. The normalized spacial score (nSPS) is 25.2. The summed E-state index contributed by atoms with van der Waals surface area (Å²) in [5, 5.41) is 31.5. The Balaban J connectivity index is 1.34. The van der Waals surface area contributed by atoms with E-state index in [1.807, 2.05) is 35.3 Å². The van der Waals surface area contributed by atoms with Crippen molar-refractivity contribution >= 4 is 56.6 Å². The fourth-order valence-corrected chi connectivity index (χ4v) is 7.65. The van der Waals surface area contributed by atoms with Crippen molar-refractivity contribution in [2.24, 2.45) is 11.1 Å². The van der Waals surface area contributed by atoms with Gasteiger partial charge in [-0.15, -0.1) is 23.1 Å². The van der Waals surface area contributed by atoms with Crippen LogP contribution in [0.3, 0.4) is 0 Å². The van der Waals surface area contributed by atoms with Gasteiger partial charge in [-0.05, 0) is 58.9 Å². The number of halogens is 1. The summed E-state index contributed by atoms with van der Waals surface area (Å²) >= 11 is 9.41. The third-order valence-corrected chi connectivity index (χ3v) is 9.67. The molecule has 1 fully saturated rings. The average molecular weight is 597 g/mol. The summed E-state index contributed by atoms with van der Waals surface area (Å²) in [7, 11) is -4.19. The fourth-order valence-electron chi connectivity index (χ4n) is 4.83. The second-order valence-corrected chi connectivity index (χ2v) is 13.0. The molecule has 14 heteroatoms. The zero-order valence-corrected chi connectivity index (χ0v) is 23.1. The van der Waals surface area contributed by atoms with Crippen LogP contribution in [0.2, 0.25) is 5.02 Å². The summed E-state index contributed by atoms with van der Waals surface area (Å²) < 4.78 is 26.8.